The molecule has 2 aromatic heterocycles. The summed E-state index contributed by atoms with van der Waals surface area (Å²) in [4.78, 5) is 4.04. The first-order valence-corrected chi connectivity index (χ1v) is 6.25. The molecule has 0 spiro atoms. The summed E-state index contributed by atoms with van der Waals surface area (Å²) in [6, 6.07) is 9.37. The summed E-state index contributed by atoms with van der Waals surface area (Å²) in [5.74, 6) is 1.56. The summed E-state index contributed by atoms with van der Waals surface area (Å²) in [7, 11) is 0. The van der Waals surface area contributed by atoms with E-state index in [4.69, 9.17) is 16.3 Å². The topological polar surface area (TPSA) is 52.3 Å². The van der Waals surface area contributed by atoms with Gasteiger partial charge in [-0.25, -0.2) is 4.98 Å². The average molecular weight is 275 g/mol. The van der Waals surface area contributed by atoms with E-state index in [1.807, 2.05) is 31.2 Å². The molecule has 5 nitrogen and oxygen atoms in total. The summed E-state index contributed by atoms with van der Waals surface area (Å²) in [5.41, 5.74) is 1.61. The van der Waals surface area contributed by atoms with E-state index in [-0.39, 0.29) is 0 Å². The standard InChI is InChI=1S/C13H11ClN4O/c1-2-19-10-5-3-9(4-6-10)13-17-16-12-7-11(14)15-8-18(12)13/h3-8H,2H2,1H3. The molecule has 1 aromatic carbocycles. The quantitative estimate of drug-likeness (QED) is 0.689. The van der Waals surface area contributed by atoms with Crippen LogP contribution in [-0.2, 0) is 0 Å². The maximum Gasteiger partial charge on any atom is 0.169 e. The molecule has 96 valence electrons. The molecule has 0 bridgehead atoms. The molecule has 0 aliphatic carbocycles. The highest BCUT2D eigenvalue weighted by Crippen LogP contribution is 2.22. The van der Waals surface area contributed by atoms with Gasteiger partial charge in [-0.1, -0.05) is 11.6 Å². The van der Waals surface area contributed by atoms with E-state index < -0.39 is 0 Å². The summed E-state index contributed by atoms with van der Waals surface area (Å²) in [5, 5.41) is 8.63. The first-order valence-electron chi connectivity index (χ1n) is 5.87. The average Bonchev–Trinajstić information content (AvgIpc) is 2.83. The van der Waals surface area contributed by atoms with Crippen molar-refractivity contribution in [3.63, 3.8) is 0 Å². The fourth-order valence-corrected chi connectivity index (χ4v) is 1.98. The molecule has 0 aliphatic rings. The number of halogens is 1. The van der Waals surface area contributed by atoms with Gasteiger partial charge in [0.1, 0.15) is 17.2 Å². The number of benzene rings is 1. The predicted octanol–water partition coefficient (Wildman–Crippen LogP) is 2.84. The van der Waals surface area contributed by atoms with E-state index in [1.54, 1.807) is 16.8 Å². The molecule has 0 saturated heterocycles. The van der Waals surface area contributed by atoms with Gasteiger partial charge in [0, 0.05) is 11.6 Å². The molecule has 0 unspecified atom stereocenters. The molecule has 0 amide bonds. The number of hydrogen-bond donors (Lipinski definition) is 0. The van der Waals surface area contributed by atoms with Gasteiger partial charge in [-0.15, -0.1) is 10.2 Å². The van der Waals surface area contributed by atoms with Gasteiger partial charge in [0.2, 0.25) is 0 Å². The van der Waals surface area contributed by atoms with Crippen LogP contribution in [0.4, 0.5) is 0 Å². The molecule has 3 aromatic rings. The molecule has 3 rings (SSSR count). The Balaban J connectivity index is 2.04. The molecule has 0 atom stereocenters. The van der Waals surface area contributed by atoms with Crippen molar-refractivity contribution in [1.29, 1.82) is 0 Å². The van der Waals surface area contributed by atoms with Gasteiger partial charge >= 0.3 is 0 Å². The summed E-state index contributed by atoms with van der Waals surface area (Å²) in [6.07, 6.45) is 1.61. The van der Waals surface area contributed by atoms with Crippen LogP contribution < -0.4 is 4.74 Å². The van der Waals surface area contributed by atoms with Crippen molar-refractivity contribution in [2.24, 2.45) is 0 Å². The van der Waals surface area contributed by atoms with Gasteiger partial charge in [-0.05, 0) is 31.2 Å². The highest BCUT2D eigenvalue weighted by atomic mass is 35.5. The lowest BCUT2D eigenvalue weighted by Crippen LogP contribution is -1.93. The minimum Gasteiger partial charge on any atom is -0.494 e. The molecule has 6 heteroatoms. The first kappa shape index (κ1) is 11.9. The summed E-state index contributed by atoms with van der Waals surface area (Å²) < 4.78 is 7.20. The van der Waals surface area contributed by atoms with Gasteiger partial charge in [0.25, 0.3) is 0 Å². The van der Waals surface area contributed by atoms with Gasteiger partial charge in [0.15, 0.2) is 11.5 Å². The van der Waals surface area contributed by atoms with Crippen molar-refractivity contribution in [2.75, 3.05) is 6.61 Å². The zero-order valence-corrected chi connectivity index (χ0v) is 11.0. The normalized spacial score (nSPS) is 10.8. The van der Waals surface area contributed by atoms with Crippen molar-refractivity contribution in [2.45, 2.75) is 6.92 Å². The molecular weight excluding hydrogens is 264 g/mol. The van der Waals surface area contributed by atoms with Crippen LogP contribution in [0.3, 0.4) is 0 Å². The van der Waals surface area contributed by atoms with Crippen LogP contribution in [0.2, 0.25) is 5.15 Å². The van der Waals surface area contributed by atoms with Crippen LogP contribution in [0, 0.1) is 0 Å². The second kappa shape index (κ2) is 4.85. The molecular formula is C13H11ClN4O. The number of aromatic nitrogens is 4. The Morgan fingerprint density at radius 2 is 2.00 bits per heavy atom. The van der Waals surface area contributed by atoms with E-state index in [9.17, 15) is 0 Å². The zero-order valence-electron chi connectivity index (χ0n) is 10.2. The molecule has 0 aliphatic heterocycles. The highest BCUT2D eigenvalue weighted by Gasteiger charge is 2.08. The van der Waals surface area contributed by atoms with E-state index in [2.05, 4.69) is 15.2 Å². The third kappa shape index (κ3) is 2.24. The van der Waals surface area contributed by atoms with Gasteiger partial charge < -0.3 is 4.74 Å². The Morgan fingerprint density at radius 1 is 1.21 bits per heavy atom. The lowest BCUT2D eigenvalue weighted by Gasteiger charge is -2.04. The number of hydrogen-bond acceptors (Lipinski definition) is 4. The van der Waals surface area contributed by atoms with Crippen molar-refractivity contribution in [3.8, 4) is 17.1 Å². The van der Waals surface area contributed by atoms with Gasteiger partial charge in [-0.3, -0.25) is 4.40 Å². The fraction of sp³-hybridized carbons (Fsp3) is 0.154. The zero-order chi connectivity index (χ0) is 13.2. The van der Waals surface area contributed by atoms with E-state index >= 15 is 0 Å². The molecule has 0 fully saturated rings. The van der Waals surface area contributed by atoms with Crippen molar-refractivity contribution in [1.82, 2.24) is 19.6 Å². The van der Waals surface area contributed by atoms with Crippen LogP contribution >= 0.6 is 11.6 Å². The maximum absolute atomic E-state index is 5.82. The third-order valence-electron chi connectivity index (χ3n) is 2.69. The SMILES string of the molecule is CCOc1ccc(-c2nnc3cc(Cl)ncn23)cc1. The lowest BCUT2D eigenvalue weighted by molar-refractivity contribution is 0.340. The number of fused-ring (bicyclic) bond motifs is 1. The van der Waals surface area contributed by atoms with Crippen molar-refractivity contribution in [3.05, 3.63) is 41.8 Å². The molecule has 19 heavy (non-hydrogen) atoms. The Labute approximate surface area is 114 Å². The highest BCUT2D eigenvalue weighted by molar-refractivity contribution is 6.29. The van der Waals surface area contributed by atoms with Crippen LogP contribution in [-0.4, -0.2) is 26.2 Å². The lowest BCUT2D eigenvalue weighted by atomic mass is 10.2. The van der Waals surface area contributed by atoms with Crippen molar-refractivity contribution >= 4 is 17.2 Å². The third-order valence-corrected chi connectivity index (χ3v) is 2.90. The van der Waals surface area contributed by atoms with Crippen LogP contribution in [0.15, 0.2) is 36.7 Å². The Morgan fingerprint density at radius 3 is 2.74 bits per heavy atom. The van der Waals surface area contributed by atoms with Crippen molar-refractivity contribution < 1.29 is 4.74 Å². The second-order valence-corrected chi connectivity index (χ2v) is 4.31. The Kier molecular flexibility index (Phi) is 3.05. The monoisotopic (exact) mass is 274 g/mol. The predicted molar refractivity (Wildman–Crippen MR) is 72.4 cm³/mol. The molecule has 0 saturated carbocycles. The van der Waals surface area contributed by atoms with E-state index in [0.717, 1.165) is 17.1 Å². The fourth-order valence-electron chi connectivity index (χ4n) is 1.84. The largest absolute Gasteiger partial charge is 0.494 e. The molecule has 2 heterocycles. The molecule has 0 N–H and O–H groups in total. The number of nitrogens with zero attached hydrogens (tertiary/aromatic N) is 4. The second-order valence-electron chi connectivity index (χ2n) is 3.92. The number of ether oxygens (including phenoxy) is 1. The Hall–Kier alpha value is -2.14. The smallest absolute Gasteiger partial charge is 0.169 e. The number of rotatable bonds is 3. The van der Waals surface area contributed by atoms with Crippen LogP contribution in [0.1, 0.15) is 6.92 Å². The van der Waals surface area contributed by atoms with Gasteiger partial charge in [-0.2, -0.15) is 0 Å². The van der Waals surface area contributed by atoms with E-state index in [1.165, 1.54) is 0 Å². The first-order chi connectivity index (χ1) is 9.28. The maximum atomic E-state index is 5.82. The molecule has 0 radical (unpaired) electrons. The van der Waals surface area contributed by atoms with Gasteiger partial charge in [0.05, 0.1) is 6.61 Å². The Bertz CT molecular complexity index is 708. The van der Waals surface area contributed by atoms with E-state index in [0.29, 0.717) is 17.4 Å². The minimum absolute atomic E-state index is 0.401. The van der Waals surface area contributed by atoms with Crippen LogP contribution in [0.5, 0.6) is 5.75 Å². The summed E-state index contributed by atoms with van der Waals surface area (Å²) in [6.45, 7) is 2.60. The van der Waals surface area contributed by atoms with Crippen LogP contribution in [0.25, 0.3) is 17.0 Å². The summed E-state index contributed by atoms with van der Waals surface area (Å²) >= 11 is 5.82. The minimum atomic E-state index is 0.401.